The van der Waals surface area contributed by atoms with Crippen molar-refractivity contribution in [1.82, 2.24) is 14.3 Å². The Kier molecular flexibility index (Phi) is 4.34. The highest BCUT2D eigenvalue weighted by molar-refractivity contribution is 7.09. The Morgan fingerprint density at radius 1 is 1.17 bits per heavy atom. The molecular weight excluding hydrogens is 311 g/mol. The van der Waals surface area contributed by atoms with Gasteiger partial charge in [0.1, 0.15) is 5.82 Å². The maximum atomic E-state index is 13.1. The van der Waals surface area contributed by atoms with Crippen molar-refractivity contribution in [3.8, 4) is 11.4 Å². The number of rotatable bonds is 5. The fraction of sp³-hybridized carbons (Fsp3) is 0.235. The minimum absolute atomic E-state index is 0.145. The predicted molar refractivity (Wildman–Crippen MR) is 91.1 cm³/mol. The number of hydrogen-bond donors (Lipinski definition) is 1. The number of hydrogen-bond acceptors (Lipinski definition) is 5. The smallest absolute Gasteiger partial charge is 0.202 e. The summed E-state index contributed by atoms with van der Waals surface area (Å²) in [5, 5.41) is 4.08. The van der Waals surface area contributed by atoms with Gasteiger partial charge in [0.25, 0.3) is 0 Å². The summed E-state index contributed by atoms with van der Waals surface area (Å²) in [6.07, 6.45) is 3.47. The highest BCUT2D eigenvalue weighted by Gasteiger charge is 2.21. The fourth-order valence-electron chi connectivity index (χ4n) is 2.21. The second-order valence-corrected chi connectivity index (χ2v) is 6.66. The molecule has 118 valence electrons. The second kappa shape index (κ2) is 6.42. The summed E-state index contributed by atoms with van der Waals surface area (Å²) < 4.78 is 17.4. The van der Waals surface area contributed by atoms with Crippen LogP contribution in [0, 0.1) is 5.82 Å². The van der Waals surface area contributed by atoms with Crippen LogP contribution in [-0.2, 0) is 5.41 Å². The molecule has 2 aromatic heterocycles. The Balaban J connectivity index is 1.68. The number of pyridine rings is 1. The second-order valence-electron chi connectivity index (χ2n) is 5.91. The molecule has 2 heterocycles. The van der Waals surface area contributed by atoms with Crippen LogP contribution in [0.2, 0.25) is 0 Å². The Morgan fingerprint density at radius 3 is 2.65 bits per heavy atom. The van der Waals surface area contributed by atoms with Gasteiger partial charge in [-0.15, -0.1) is 0 Å². The van der Waals surface area contributed by atoms with Gasteiger partial charge in [0.05, 0.1) is 0 Å². The van der Waals surface area contributed by atoms with Gasteiger partial charge >= 0.3 is 0 Å². The SMILES string of the molecule is CC(C)(CNc1nc(-c2cccnc2)ns1)c1ccc(F)cc1. The van der Waals surface area contributed by atoms with Gasteiger partial charge in [-0.05, 0) is 29.8 Å². The van der Waals surface area contributed by atoms with Crippen LogP contribution in [0.15, 0.2) is 48.8 Å². The fourth-order valence-corrected chi connectivity index (χ4v) is 2.79. The quantitative estimate of drug-likeness (QED) is 0.765. The summed E-state index contributed by atoms with van der Waals surface area (Å²) in [5.41, 5.74) is 1.83. The molecular formula is C17H17FN4S. The summed E-state index contributed by atoms with van der Waals surface area (Å²) in [6, 6.07) is 10.4. The largest absolute Gasteiger partial charge is 0.359 e. The van der Waals surface area contributed by atoms with Crippen LogP contribution in [0.5, 0.6) is 0 Å². The molecule has 0 aliphatic carbocycles. The third kappa shape index (κ3) is 3.71. The van der Waals surface area contributed by atoms with Gasteiger partial charge < -0.3 is 5.32 Å². The maximum Gasteiger partial charge on any atom is 0.202 e. The van der Waals surface area contributed by atoms with Crippen molar-refractivity contribution in [2.45, 2.75) is 19.3 Å². The van der Waals surface area contributed by atoms with E-state index in [9.17, 15) is 4.39 Å². The van der Waals surface area contributed by atoms with Crippen molar-refractivity contribution in [3.05, 3.63) is 60.2 Å². The lowest BCUT2D eigenvalue weighted by Crippen LogP contribution is -2.27. The first-order valence-corrected chi connectivity index (χ1v) is 8.06. The Morgan fingerprint density at radius 2 is 1.96 bits per heavy atom. The highest BCUT2D eigenvalue weighted by atomic mass is 32.1. The first-order chi connectivity index (χ1) is 11.0. The number of nitrogens with one attached hydrogen (secondary N) is 1. The van der Waals surface area contributed by atoms with Crippen molar-refractivity contribution in [2.24, 2.45) is 0 Å². The normalized spacial score (nSPS) is 11.4. The molecule has 0 unspecified atom stereocenters. The van der Waals surface area contributed by atoms with Crippen LogP contribution in [0.1, 0.15) is 19.4 Å². The van der Waals surface area contributed by atoms with Crippen molar-refractivity contribution >= 4 is 16.7 Å². The van der Waals surface area contributed by atoms with Gasteiger partial charge in [0.15, 0.2) is 5.82 Å². The van der Waals surface area contributed by atoms with Gasteiger partial charge in [-0.2, -0.15) is 9.36 Å². The Bertz CT molecular complexity index is 769. The number of anilines is 1. The first kappa shape index (κ1) is 15.6. The molecule has 1 N–H and O–H groups in total. The van der Waals surface area contributed by atoms with Crippen LogP contribution >= 0.6 is 11.5 Å². The van der Waals surface area contributed by atoms with E-state index in [1.165, 1.54) is 23.7 Å². The van der Waals surface area contributed by atoms with E-state index >= 15 is 0 Å². The molecule has 23 heavy (non-hydrogen) atoms. The van der Waals surface area contributed by atoms with Crippen molar-refractivity contribution in [2.75, 3.05) is 11.9 Å². The van der Waals surface area contributed by atoms with E-state index in [1.807, 2.05) is 24.3 Å². The van der Waals surface area contributed by atoms with E-state index in [0.29, 0.717) is 12.4 Å². The van der Waals surface area contributed by atoms with Gasteiger partial charge in [-0.3, -0.25) is 4.98 Å². The van der Waals surface area contributed by atoms with Crippen LogP contribution < -0.4 is 5.32 Å². The lowest BCUT2D eigenvalue weighted by molar-refractivity contribution is 0.553. The van der Waals surface area contributed by atoms with Gasteiger partial charge in [-0.1, -0.05) is 26.0 Å². The molecule has 0 aliphatic heterocycles. The van der Waals surface area contributed by atoms with Gasteiger partial charge in [0.2, 0.25) is 5.13 Å². The predicted octanol–water partition coefficient (Wildman–Crippen LogP) is 4.13. The van der Waals surface area contributed by atoms with E-state index in [-0.39, 0.29) is 11.2 Å². The van der Waals surface area contributed by atoms with Crippen molar-refractivity contribution in [3.63, 3.8) is 0 Å². The molecule has 1 aromatic carbocycles. The molecule has 0 atom stereocenters. The lowest BCUT2D eigenvalue weighted by atomic mass is 9.85. The summed E-state index contributed by atoms with van der Waals surface area (Å²) in [4.78, 5) is 8.56. The Labute approximate surface area is 138 Å². The molecule has 0 spiro atoms. The summed E-state index contributed by atoms with van der Waals surface area (Å²) in [5.74, 6) is 0.452. The zero-order valence-corrected chi connectivity index (χ0v) is 13.8. The molecule has 0 saturated carbocycles. The van der Waals surface area contributed by atoms with E-state index in [1.54, 1.807) is 12.4 Å². The molecule has 0 bridgehead atoms. The van der Waals surface area contributed by atoms with Gasteiger partial charge in [0, 0.05) is 41.4 Å². The number of aromatic nitrogens is 3. The summed E-state index contributed by atoms with van der Waals surface area (Å²) in [7, 11) is 0. The molecule has 6 heteroatoms. The van der Waals surface area contributed by atoms with Crippen LogP contribution in [0.4, 0.5) is 9.52 Å². The first-order valence-electron chi connectivity index (χ1n) is 7.29. The van der Waals surface area contributed by atoms with Crippen LogP contribution in [0.25, 0.3) is 11.4 Å². The van der Waals surface area contributed by atoms with Crippen LogP contribution in [0.3, 0.4) is 0 Å². The minimum Gasteiger partial charge on any atom is -0.359 e. The third-order valence-corrected chi connectivity index (χ3v) is 4.33. The number of benzene rings is 1. The van der Waals surface area contributed by atoms with Crippen LogP contribution in [-0.4, -0.2) is 20.9 Å². The van der Waals surface area contributed by atoms with Crippen molar-refractivity contribution < 1.29 is 4.39 Å². The molecule has 0 fully saturated rings. The Hall–Kier alpha value is -2.34. The van der Waals surface area contributed by atoms with E-state index in [2.05, 4.69) is 33.5 Å². The van der Waals surface area contributed by atoms with Crippen molar-refractivity contribution in [1.29, 1.82) is 0 Å². The standard InChI is InChI=1S/C17H17FN4S/c1-17(2,13-5-7-14(18)8-6-13)11-20-16-21-15(22-23-16)12-4-3-9-19-10-12/h3-10H,11H2,1-2H3,(H,20,21,22). The minimum atomic E-state index is -0.220. The summed E-state index contributed by atoms with van der Waals surface area (Å²) >= 11 is 1.32. The highest BCUT2D eigenvalue weighted by Crippen LogP contribution is 2.25. The average molecular weight is 328 g/mol. The molecule has 3 aromatic rings. The van der Waals surface area contributed by atoms with E-state index in [0.717, 1.165) is 16.3 Å². The number of halogens is 1. The maximum absolute atomic E-state index is 13.1. The zero-order valence-electron chi connectivity index (χ0n) is 13.0. The molecule has 0 radical (unpaired) electrons. The molecule has 3 rings (SSSR count). The molecule has 4 nitrogen and oxygen atoms in total. The average Bonchev–Trinajstić information content (AvgIpc) is 3.03. The molecule has 0 amide bonds. The van der Waals surface area contributed by atoms with E-state index in [4.69, 9.17) is 0 Å². The topological polar surface area (TPSA) is 50.7 Å². The summed E-state index contributed by atoms with van der Waals surface area (Å²) in [6.45, 7) is 4.90. The number of nitrogens with zero attached hydrogens (tertiary/aromatic N) is 3. The zero-order chi connectivity index (χ0) is 16.3. The monoisotopic (exact) mass is 328 g/mol. The molecule has 0 saturated heterocycles. The van der Waals surface area contributed by atoms with Gasteiger partial charge in [-0.25, -0.2) is 4.39 Å². The van der Waals surface area contributed by atoms with E-state index < -0.39 is 0 Å². The lowest BCUT2D eigenvalue weighted by Gasteiger charge is -2.25. The third-order valence-electron chi connectivity index (χ3n) is 3.65. The molecule has 0 aliphatic rings.